The van der Waals surface area contributed by atoms with Crippen LogP contribution in [0.3, 0.4) is 0 Å². The molecule has 4 heteroatoms. The predicted octanol–water partition coefficient (Wildman–Crippen LogP) is 4.06. The summed E-state index contributed by atoms with van der Waals surface area (Å²) in [6, 6.07) is 3.92. The molecule has 0 aliphatic heterocycles. The van der Waals surface area contributed by atoms with E-state index in [1.165, 1.54) is 19.3 Å². The maximum atomic E-state index is 9.03. The smallest absolute Gasteiger partial charge is 0.182 e. The molecule has 1 aliphatic carbocycles. The van der Waals surface area contributed by atoms with Crippen molar-refractivity contribution in [3.8, 4) is 11.8 Å². The Bertz CT molecular complexity index is 456. The van der Waals surface area contributed by atoms with Gasteiger partial charge in [0.15, 0.2) is 11.4 Å². The van der Waals surface area contributed by atoms with Gasteiger partial charge in [0.05, 0.1) is 6.10 Å². The first kappa shape index (κ1) is 13.4. The van der Waals surface area contributed by atoms with Gasteiger partial charge >= 0.3 is 0 Å². The molecule has 0 radical (unpaired) electrons. The van der Waals surface area contributed by atoms with Gasteiger partial charge in [-0.3, -0.25) is 0 Å². The van der Waals surface area contributed by atoms with Crippen LogP contribution in [0.1, 0.15) is 44.7 Å². The van der Waals surface area contributed by atoms with Crippen LogP contribution >= 0.6 is 15.9 Å². The first-order chi connectivity index (χ1) is 8.72. The Labute approximate surface area is 116 Å². The lowest BCUT2D eigenvalue weighted by atomic mass is 9.85. The molecule has 0 N–H and O–H groups in total. The Hall–Kier alpha value is -1.08. The molecule has 1 heterocycles. The summed E-state index contributed by atoms with van der Waals surface area (Å²) in [5.74, 6) is 1.36. The number of aromatic nitrogens is 1. The van der Waals surface area contributed by atoms with Gasteiger partial charge < -0.3 is 4.74 Å². The topological polar surface area (TPSA) is 45.9 Å². The number of hydrogen-bond acceptors (Lipinski definition) is 3. The molecule has 2 unspecified atom stereocenters. The van der Waals surface area contributed by atoms with Crippen LogP contribution in [0.25, 0.3) is 0 Å². The minimum absolute atomic E-state index is 0.229. The predicted molar refractivity (Wildman–Crippen MR) is 73.3 cm³/mol. The molecule has 1 aliphatic rings. The van der Waals surface area contributed by atoms with E-state index in [1.807, 2.05) is 6.07 Å². The van der Waals surface area contributed by atoms with Crippen LogP contribution in [0, 0.1) is 17.2 Å². The number of nitrogens with zero attached hydrogens (tertiary/aromatic N) is 2. The summed E-state index contributed by atoms with van der Waals surface area (Å²) in [6.07, 6.45) is 7.75. The lowest BCUT2D eigenvalue weighted by molar-refractivity contribution is 0.121. The lowest BCUT2D eigenvalue weighted by Gasteiger charge is -2.29. The third-order valence-corrected chi connectivity index (χ3v) is 3.96. The molecule has 2 atom stereocenters. The van der Waals surface area contributed by atoms with Gasteiger partial charge in [-0.25, -0.2) is 4.98 Å². The average molecular weight is 309 g/mol. The van der Waals surface area contributed by atoms with Crippen molar-refractivity contribution in [2.75, 3.05) is 0 Å². The third kappa shape index (κ3) is 3.23. The van der Waals surface area contributed by atoms with Crippen molar-refractivity contribution in [1.82, 2.24) is 4.98 Å². The zero-order valence-corrected chi connectivity index (χ0v) is 12.1. The van der Waals surface area contributed by atoms with E-state index in [1.54, 1.807) is 6.20 Å². The summed E-state index contributed by atoms with van der Waals surface area (Å²) in [5.41, 5.74) is 0.372. The molecule has 1 aromatic rings. The average Bonchev–Trinajstić information content (AvgIpc) is 2.39. The number of rotatable bonds is 3. The Morgan fingerprint density at radius 3 is 3.11 bits per heavy atom. The molecule has 0 amide bonds. The highest BCUT2D eigenvalue weighted by Gasteiger charge is 2.23. The maximum Gasteiger partial charge on any atom is 0.182 e. The summed E-state index contributed by atoms with van der Waals surface area (Å²) < 4.78 is 6.82. The van der Waals surface area contributed by atoms with Gasteiger partial charge in [-0.2, -0.15) is 5.26 Å². The van der Waals surface area contributed by atoms with Crippen LogP contribution in [0.5, 0.6) is 5.75 Å². The van der Waals surface area contributed by atoms with Gasteiger partial charge in [-0.15, -0.1) is 0 Å². The van der Waals surface area contributed by atoms with Crippen LogP contribution in [-0.2, 0) is 0 Å². The van der Waals surface area contributed by atoms with Crippen LogP contribution in [-0.4, -0.2) is 11.1 Å². The summed E-state index contributed by atoms with van der Waals surface area (Å²) in [4.78, 5) is 4.07. The highest BCUT2D eigenvalue weighted by molar-refractivity contribution is 9.10. The fourth-order valence-corrected chi connectivity index (χ4v) is 2.80. The van der Waals surface area contributed by atoms with Crippen molar-refractivity contribution in [3.05, 3.63) is 22.4 Å². The van der Waals surface area contributed by atoms with E-state index in [9.17, 15) is 0 Å². The highest BCUT2D eigenvalue weighted by atomic mass is 79.9. The molecule has 0 saturated heterocycles. The zero-order chi connectivity index (χ0) is 13.0. The minimum atomic E-state index is 0.229. The first-order valence-corrected chi connectivity index (χ1v) is 7.24. The molecule has 0 spiro atoms. The number of ether oxygens (including phenoxy) is 1. The summed E-state index contributed by atoms with van der Waals surface area (Å²) >= 11 is 3.36. The van der Waals surface area contributed by atoms with Crippen molar-refractivity contribution in [1.29, 1.82) is 5.26 Å². The van der Waals surface area contributed by atoms with E-state index < -0.39 is 0 Å². The fourth-order valence-electron chi connectivity index (χ4n) is 2.49. The van der Waals surface area contributed by atoms with Crippen molar-refractivity contribution in [2.24, 2.45) is 5.92 Å². The molecular formula is C14H17BrN2O. The van der Waals surface area contributed by atoms with Gasteiger partial charge in [-0.1, -0.05) is 19.8 Å². The molecule has 18 heavy (non-hydrogen) atoms. The fraction of sp³-hybridized carbons (Fsp3) is 0.571. The molecule has 1 aromatic heterocycles. The van der Waals surface area contributed by atoms with E-state index >= 15 is 0 Å². The second-order valence-corrected chi connectivity index (χ2v) is 5.71. The summed E-state index contributed by atoms with van der Waals surface area (Å²) in [7, 11) is 0. The van der Waals surface area contributed by atoms with Gasteiger partial charge in [0.25, 0.3) is 0 Å². The van der Waals surface area contributed by atoms with Crippen LogP contribution < -0.4 is 4.74 Å². The second kappa shape index (κ2) is 6.19. The normalized spacial score (nSPS) is 23.4. The summed E-state index contributed by atoms with van der Waals surface area (Å²) in [5, 5.41) is 9.03. The molecule has 3 nitrogen and oxygen atoms in total. The van der Waals surface area contributed by atoms with E-state index in [0.717, 1.165) is 23.2 Å². The largest absolute Gasteiger partial charge is 0.487 e. The van der Waals surface area contributed by atoms with Crippen molar-refractivity contribution >= 4 is 15.9 Å². The number of pyridine rings is 1. The Morgan fingerprint density at radius 2 is 2.39 bits per heavy atom. The monoisotopic (exact) mass is 308 g/mol. The molecule has 2 rings (SSSR count). The SMILES string of the molecule is CCC1CCCC(Oc2cc(Br)cnc2C#N)C1. The molecule has 1 saturated carbocycles. The molecule has 0 aromatic carbocycles. The van der Waals surface area contributed by atoms with Gasteiger partial charge in [0.2, 0.25) is 0 Å². The van der Waals surface area contributed by atoms with Crippen LogP contribution in [0.2, 0.25) is 0 Å². The molecule has 0 bridgehead atoms. The van der Waals surface area contributed by atoms with E-state index in [-0.39, 0.29) is 6.10 Å². The molecule has 1 fully saturated rings. The second-order valence-electron chi connectivity index (χ2n) is 4.79. The lowest BCUT2D eigenvalue weighted by Crippen LogP contribution is -2.25. The molecular weight excluding hydrogens is 292 g/mol. The van der Waals surface area contributed by atoms with Crippen molar-refractivity contribution < 1.29 is 4.74 Å². The van der Waals surface area contributed by atoms with Crippen LogP contribution in [0.4, 0.5) is 0 Å². The van der Waals surface area contributed by atoms with Gasteiger partial charge in [0.1, 0.15) is 6.07 Å². The Balaban J connectivity index is 2.09. The van der Waals surface area contributed by atoms with E-state index in [2.05, 4.69) is 33.9 Å². The molecule has 96 valence electrons. The van der Waals surface area contributed by atoms with Crippen LogP contribution in [0.15, 0.2) is 16.7 Å². The van der Waals surface area contributed by atoms with Crippen molar-refractivity contribution in [2.45, 2.75) is 45.1 Å². The maximum absolute atomic E-state index is 9.03. The number of nitriles is 1. The Kier molecular flexibility index (Phi) is 4.60. The Morgan fingerprint density at radius 1 is 1.56 bits per heavy atom. The van der Waals surface area contributed by atoms with E-state index in [4.69, 9.17) is 10.00 Å². The summed E-state index contributed by atoms with van der Waals surface area (Å²) in [6.45, 7) is 2.23. The number of halogens is 1. The quantitative estimate of drug-likeness (QED) is 0.845. The van der Waals surface area contributed by atoms with Gasteiger partial charge in [0, 0.05) is 10.7 Å². The van der Waals surface area contributed by atoms with E-state index in [0.29, 0.717) is 11.4 Å². The zero-order valence-electron chi connectivity index (χ0n) is 10.5. The number of hydrogen-bond donors (Lipinski definition) is 0. The van der Waals surface area contributed by atoms with Gasteiger partial charge in [-0.05, 0) is 47.2 Å². The minimum Gasteiger partial charge on any atom is -0.487 e. The van der Waals surface area contributed by atoms with Crippen molar-refractivity contribution in [3.63, 3.8) is 0 Å². The highest BCUT2D eigenvalue weighted by Crippen LogP contribution is 2.31. The first-order valence-electron chi connectivity index (χ1n) is 6.45. The standard InChI is InChI=1S/C14H17BrN2O/c1-2-10-4-3-5-12(6-10)18-14-7-11(15)9-17-13(14)8-16/h7,9-10,12H,2-6H2,1H3. The third-order valence-electron chi connectivity index (χ3n) is 3.53.